The molecule has 1 aliphatic rings. The van der Waals surface area contributed by atoms with E-state index in [2.05, 4.69) is 27.4 Å². The minimum atomic E-state index is -0.0875. The molecule has 0 spiro atoms. The van der Waals surface area contributed by atoms with Gasteiger partial charge in [0.25, 0.3) is 0 Å². The molecular weight excluding hydrogens is 164 g/mol. The number of hydrogen-bond acceptors (Lipinski definition) is 2. The molecule has 0 bridgehead atoms. The predicted octanol–water partition coefficient (Wildman–Crippen LogP) is 2.60. The molecule has 1 heterocycles. The van der Waals surface area contributed by atoms with E-state index in [0.717, 1.165) is 0 Å². The van der Waals surface area contributed by atoms with Crippen molar-refractivity contribution in [2.45, 2.75) is 40.1 Å². The summed E-state index contributed by atoms with van der Waals surface area (Å²) in [6.07, 6.45) is 1.91. The van der Waals surface area contributed by atoms with Crippen LogP contribution in [-0.2, 0) is 9.47 Å². The summed E-state index contributed by atoms with van der Waals surface area (Å²) < 4.78 is 11.3. The Hall–Kier alpha value is -0.340. The Labute approximate surface area is 80.9 Å². The largest absolute Gasteiger partial charge is 0.352 e. The van der Waals surface area contributed by atoms with Gasteiger partial charge in [-0.25, -0.2) is 0 Å². The summed E-state index contributed by atoms with van der Waals surface area (Å²) in [7, 11) is 0. The first-order chi connectivity index (χ1) is 6.04. The molecule has 0 radical (unpaired) electrons. The average Bonchev–Trinajstić information content (AvgIpc) is 2.29. The van der Waals surface area contributed by atoms with E-state index in [1.165, 1.54) is 0 Å². The van der Waals surface area contributed by atoms with Crippen molar-refractivity contribution in [1.82, 2.24) is 0 Å². The predicted molar refractivity (Wildman–Crippen MR) is 53.4 cm³/mol. The van der Waals surface area contributed by atoms with Crippen molar-refractivity contribution in [2.75, 3.05) is 6.61 Å². The van der Waals surface area contributed by atoms with Crippen molar-refractivity contribution in [3.63, 3.8) is 0 Å². The third-order valence-corrected chi connectivity index (χ3v) is 3.10. The van der Waals surface area contributed by atoms with Crippen LogP contribution in [0, 0.1) is 11.3 Å². The van der Waals surface area contributed by atoms with E-state index in [0.29, 0.717) is 12.5 Å². The van der Waals surface area contributed by atoms with Gasteiger partial charge in [-0.1, -0.05) is 26.8 Å². The molecular formula is C11H20O2. The Morgan fingerprint density at radius 3 is 2.54 bits per heavy atom. The van der Waals surface area contributed by atoms with E-state index in [1.807, 2.05) is 13.0 Å². The van der Waals surface area contributed by atoms with E-state index >= 15 is 0 Å². The van der Waals surface area contributed by atoms with Crippen LogP contribution in [0.25, 0.3) is 0 Å². The molecule has 0 unspecified atom stereocenters. The second-order valence-corrected chi connectivity index (χ2v) is 4.23. The molecule has 3 atom stereocenters. The number of ether oxygens (including phenoxy) is 2. The van der Waals surface area contributed by atoms with Gasteiger partial charge in [0.05, 0.1) is 6.10 Å². The Balaban J connectivity index is 2.73. The van der Waals surface area contributed by atoms with Crippen LogP contribution in [0.15, 0.2) is 12.7 Å². The van der Waals surface area contributed by atoms with Crippen molar-refractivity contribution >= 4 is 0 Å². The van der Waals surface area contributed by atoms with Gasteiger partial charge in [0.15, 0.2) is 6.29 Å². The van der Waals surface area contributed by atoms with Gasteiger partial charge in [-0.2, -0.15) is 0 Å². The molecule has 2 heteroatoms. The van der Waals surface area contributed by atoms with E-state index < -0.39 is 0 Å². The maximum Gasteiger partial charge on any atom is 0.163 e. The van der Waals surface area contributed by atoms with E-state index in [-0.39, 0.29) is 17.8 Å². The summed E-state index contributed by atoms with van der Waals surface area (Å²) in [6.45, 7) is 13.0. The monoisotopic (exact) mass is 184 g/mol. The van der Waals surface area contributed by atoms with Crippen molar-refractivity contribution < 1.29 is 9.47 Å². The van der Waals surface area contributed by atoms with Crippen LogP contribution in [0.3, 0.4) is 0 Å². The van der Waals surface area contributed by atoms with Gasteiger partial charge in [-0.05, 0) is 12.8 Å². The lowest BCUT2D eigenvalue weighted by Gasteiger charge is -2.28. The van der Waals surface area contributed by atoms with Gasteiger partial charge in [0.2, 0.25) is 0 Å². The maximum absolute atomic E-state index is 5.74. The topological polar surface area (TPSA) is 18.5 Å². The van der Waals surface area contributed by atoms with Gasteiger partial charge in [0.1, 0.15) is 0 Å². The van der Waals surface area contributed by atoms with Gasteiger partial charge >= 0.3 is 0 Å². The Morgan fingerprint density at radius 1 is 1.54 bits per heavy atom. The molecule has 0 aromatic rings. The second kappa shape index (κ2) is 3.81. The maximum atomic E-state index is 5.74. The summed E-state index contributed by atoms with van der Waals surface area (Å²) in [5, 5.41) is 0. The summed E-state index contributed by atoms with van der Waals surface area (Å²) in [5.41, 5.74) is 0.0782. The van der Waals surface area contributed by atoms with Gasteiger partial charge < -0.3 is 9.47 Å². The van der Waals surface area contributed by atoms with Crippen LogP contribution in [0.5, 0.6) is 0 Å². The fraction of sp³-hybridized carbons (Fsp3) is 0.818. The number of hydrogen-bond donors (Lipinski definition) is 0. The summed E-state index contributed by atoms with van der Waals surface area (Å²) >= 11 is 0. The zero-order chi connectivity index (χ0) is 10.1. The Kier molecular flexibility index (Phi) is 3.14. The fourth-order valence-corrected chi connectivity index (χ4v) is 1.74. The van der Waals surface area contributed by atoms with Crippen LogP contribution in [0.1, 0.15) is 27.7 Å². The molecule has 0 aromatic carbocycles. The van der Waals surface area contributed by atoms with Crippen molar-refractivity contribution in [3.8, 4) is 0 Å². The highest BCUT2D eigenvalue weighted by Gasteiger charge is 2.47. The Morgan fingerprint density at radius 2 is 2.15 bits per heavy atom. The molecule has 2 nitrogen and oxygen atoms in total. The molecule has 0 N–H and O–H groups in total. The number of rotatable bonds is 3. The quantitative estimate of drug-likeness (QED) is 0.628. The van der Waals surface area contributed by atoms with Crippen LogP contribution in [-0.4, -0.2) is 19.0 Å². The molecule has 0 saturated carbocycles. The Bertz CT molecular complexity index is 187. The van der Waals surface area contributed by atoms with Crippen molar-refractivity contribution in [3.05, 3.63) is 12.7 Å². The first kappa shape index (κ1) is 10.7. The zero-order valence-corrected chi connectivity index (χ0v) is 9.04. The SMILES string of the molecule is C=C[C@@H]1O[C@@H](OCC)C(C)(C)[C@H]1C. The summed E-state index contributed by atoms with van der Waals surface area (Å²) in [6, 6.07) is 0. The molecule has 0 aliphatic carbocycles. The standard InChI is InChI=1S/C11H20O2/c1-6-9-8(3)11(4,5)10(13-9)12-7-2/h6,8-10H,1,7H2,2-5H3/t8-,9-,10+/m0/s1. The summed E-state index contributed by atoms with van der Waals surface area (Å²) in [4.78, 5) is 0. The average molecular weight is 184 g/mol. The van der Waals surface area contributed by atoms with Crippen LogP contribution < -0.4 is 0 Å². The van der Waals surface area contributed by atoms with Crippen LogP contribution >= 0.6 is 0 Å². The lowest BCUT2D eigenvalue weighted by molar-refractivity contribution is -0.158. The smallest absolute Gasteiger partial charge is 0.163 e. The highest BCUT2D eigenvalue weighted by molar-refractivity contribution is 4.98. The highest BCUT2D eigenvalue weighted by Crippen LogP contribution is 2.43. The molecule has 76 valence electrons. The van der Waals surface area contributed by atoms with E-state index in [9.17, 15) is 0 Å². The van der Waals surface area contributed by atoms with Crippen molar-refractivity contribution in [1.29, 1.82) is 0 Å². The minimum absolute atomic E-state index is 0.0782. The second-order valence-electron chi connectivity index (χ2n) is 4.23. The fourth-order valence-electron chi connectivity index (χ4n) is 1.74. The molecule has 1 saturated heterocycles. The molecule has 1 rings (SSSR count). The normalized spacial score (nSPS) is 37.7. The van der Waals surface area contributed by atoms with E-state index in [4.69, 9.17) is 9.47 Å². The molecule has 0 amide bonds. The molecule has 1 aliphatic heterocycles. The molecule has 13 heavy (non-hydrogen) atoms. The van der Waals surface area contributed by atoms with Gasteiger partial charge in [-0.15, -0.1) is 6.58 Å². The molecule has 1 fully saturated rings. The summed E-state index contributed by atoms with van der Waals surface area (Å²) in [5.74, 6) is 0.460. The van der Waals surface area contributed by atoms with Gasteiger partial charge in [0, 0.05) is 12.0 Å². The van der Waals surface area contributed by atoms with E-state index in [1.54, 1.807) is 0 Å². The van der Waals surface area contributed by atoms with Crippen molar-refractivity contribution in [2.24, 2.45) is 11.3 Å². The minimum Gasteiger partial charge on any atom is -0.352 e. The third kappa shape index (κ3) is 1.79. The highest BCUT2D eigenvalue weighted by atomic mass is 16.7. The molecule has 0 aromatic heterocycles. The lowest BCUT2D eigenvalue weighted by Crippen LogP contribution is -2.31. The van der Waals surface area contributed by atoms with Gasteiger partial charge in [-0.3, -0.25) is 0 Å². The first-order valence-corrected chi connectivity index (χ1v) is 4.93. The van der Waals surface area contributed by atoms with Crippen LogP contribution in [0.4, 0.5) is 0 Å². The third-order valence-electron chi connectivity index (χ3n) is 3.10. The lowest BCUT2D eigenvalue weighted by atomic mass is 9.79. The van der Waals surface area contributed by atoms with Crippen LogP contribution in [0.2, 0.25) is 0 Å². The first-order valence-electron chi connectivity index (χ1n) is 4.93. The zero-order valence-electron chi connectivity index (χ0n) is 9.04.